The quantitative estimate of drug-likeness (QED) is 0.591. The zero-order chi connectivity index (χ0) is 19.1. The lowest BCUT2D eigenvalue weighted by Crippen LogP contribution is -2.13. The summed E-state index contributed by atoms with van der Waals surface area (Å²) in [5, 5.41) is 8.18. The van der Waals surface area contributed by atoms with Gasteiger partial charge in [0, 0.05) is 42.8 Å². The maximum Gasteiger partial charge on any atom is 0.276 e. The van der Waals surface area contributed by atoms with Crippen LogP contribution in [0.15, 0.2) is 54.7 Å². The molecule has 0 bridgehead atoms. The molecule has 3 heterocycles. The van der Waals surface area contributed by atoms with Crippen LogP contribution in [0.2, 0.25) is 0 Å². The highest BCUT2D eigenvalue weighted by Crippen LogP contribution is 2.24. The van der Waals surface area contributed by atoms with Gasteiger partial charge in [0.15, 0.2) is 5.69 Å². The minimum Gasteiger partial charge on any atom is -0.334 e. The second-order valence-electron chi connectivity index (χ2n) is 7.21. The number of aryl methyl sites for hydroxylation is 3. The van der Waals surface area contributed by atoms with Gasteiger partial charge in [-0.3, -0.25) is 9.48 Å². The molecule has 0 aliphatic carbocycles. The molecule has 1 aliphatic heterocycles. The number of fused-ring (bicyclic) bond motifs is 2. The monoisotopic (exact) mass is 371 g/mol. The first-order chi connectivity index (χ1) is 13.7. The summed E-state index contributed by atoms with van der Waals surface area (Å²) in [7, 11) is 1.85. The SMILES string of the molecule is Cn1nc(C(=O)Nc2ccc(-c3cn4c(n3)CCCC4)cc2)c2ccccc21. The maximum absolute atomic E-state index is 12.7. The van der Waals surface area contributed by atoms with Gasteiger partial charge in [-0.25, -0.2) is 4.98 Å². The molecule has 0 unspecified atom stereocenters. The van der Waals surface area contributed by atoms with Crippen LogP contribution in [-0.4, -0.2) is 25.2 Å². The van der Waals surface area contributed by atoms with Crippen molar-refractivity contribution in [3.05, 3.63) is 66.2 Å². The molecule has 0 saturated heterocycles. The van der Waals surface area contributed by atoms with Gasteiger partial charge in [0.1, 0.15) is 5.82 Å². The van der Waals surface area contributed by atoms with Crippen molar-refractivity contribution in [1.82, 2.24) is 19.3 Å². The summed E-state index contributed by atoms with van der Waals surface area (Å²) in [4.78, 5) is 17.5. The lowest BCUT2D eigenvalue weighted by molar-refractivity contribution is 0.102. The number of anilines is 1. The Balaban J connectivity index is 1.37. The first-order valence-electron chi connectivity index (χ1n) is 9.58. The summed E-state index contributed by atoms with van der Waals surface area (Å²) in [6.45, 7) is 1.05. The Hall–Kier alpha value is -3.41. The summed E-state index contributed by atoms with van der Waals surface area (Å²) in [6.07, 6.45) is 5.61. The van der Waals surface area contributed by atoms with Crippen LogP contribution >= 0.6 is 0 Å². The van der Waals surface area contributed by atoms with Crippen LogP contribution in [0.25, 0.3) is 22.2 Å². The molecule has 6 nitrogen and oxygen atoms in total. The predicted molar refractivity (Wildman–Crippen MR) is 109 cm³/mol. The van der Waals surface area contributed by atoms with E-state index in [1.54, 1.807) is 4.68 Å². The Morgan fingerprint density at radius 3 is 2.71 bits per heavy atom. The Labute approximate surface area is 162 Å². The first kappa shape index (κ1) is 16.7. The first-order valence-corrected chi connectivity index (χ1v) is 9.58. The number of para-hydroxylation sites is 1. The largest absolute Gasteiger partial charge is 0.334 e. The van der Waals surface area contributed by atoms with Crippen LogP contribution in [0.1, 0.15) is 29.2 Å². The zero-order valence-electron chi connectivity index (χ0n) is 15.7. The van der Waals surface area contributed by atoms with Crippen molar-refractivity contribution in [3.63, 3.8) is 0 Å². The number of imidazole rings is 1. The molecule has 0 fully saturated rings. The van der Waals surface area contributed by atoms with E-state index < -0.39 is 0 Å². The van der Waals surface area contributed by atoms with E-state index in [0.29, 0.717) is 5.69 Å². The number of amides is 1. The number of nitrogens with zero attached hydrogens (tertiary/aromatic N) is 4. The fourth-order valence-electron chi connectivity index (χ4n) is 3.85. The van der Waals surface area contributed by atoms with Gasteiger partial charge in [-0.15, -0.1) is 0 Å². The molecule has 4 aromatic rings. The molecule has 140 valence electrons. The summed E-state index contributed by atoms with van der Waals surface area (Å²) < 4.78 is 3.98. The Kier molecular flexibility index (Phi) is 3.97. The molecule has 2 aromatic heterocycles. The van der Waals surface area contributed by atoms with E-state index in [4.69, 9.17) is 4.98 Å². The smallest absolute Gasteiger partial charge is 0.276 e. The van der Waals surface area contributed by atoms with Gasteiger partial charge >= 0.3 is 0 Å². The molecule has 1 amide bonds. The van der Waals surface area contributed by atoms with Gasteiger partial charge in [0.05, 0.1) is 11.2 Å². The molecule has 1 N–H and O–H groups in total. The van der Waals surface area contributed by atoms with Gasteiger partial charge in [-0.05, 0) is 31.0 Å². The third-order valence-electron chi connectivity index (χ3n) is 5.32. The van der Waals surface area contributed by atoms with Gasteiger partial charge < -0.3 is 9.88 Å². The third kappa shape index (κ3) is 2.87. The fraction of sp³-hybridized carbons (Fsp3) is 0.227. The normalized spacial score (nSPS) is 13.5. The van der Waals surface area contributed by atoms with Crippen LogP contribution < -0.4 is 5.32 Å². The zero-order valence-corrected chi connectivity index (χ0v) is 15.7. The standard InChI is InChI=1S/C22H21N5O/c1-26-19-7-3-2-6-17(19)21(25-26)22(28)23-16-11-9-15(10-12-16)18-14-27-13-5-4-8-20(27)24-18/h2-3,6-7,9-12,14H,4-5,8,13H2,1H3,(H,23,28). The highest BCUT2D eigenvalue weighted by atomic mass is 16.2. The van der Waals surface area contributed by atoms with Crippen LogP contribution in [-0.2, 0) is 20.0 Å². The Bertz CT molecular complexity index is 1150. The van der Waals surface area contributed by atoms with E-state index in [-0.39, 0.29) is 5.91 Å². The topological polar surface area (TPSA) is 64.7 Å². The number of carbonyl (C=O) groups is 1. The minimum atomic E-state index is -0.206. The van der Waals surface area contributed by atoms with Gasteiger partial charge in [0.2, 0.25) is 0 Å². The number of rotatable bonds is 3. The van der Waals surface area contributed by atoms with Crippen molar-refractivity contribution in [2.24, 2.45) is 7.05 Å². The van der Waals surface area contributed by atoms with Crippen LogP contribution in [0.5, 0.6) is 0 Å². The number of nitrogens with one attached hydrogen (secondary N) is 1. The van der Waals surface area contributed by atoms with Crippen molar-refractivity contribution in [2.75, 3.05) is 5.32 Å². The minimum absolute atomic E-state index is 0.206. The van der Waals surface area contributed by atoms with E-state index in [2.05, 4.69) is 21.2 Å². The maximum atomic E-state index is 12.7. The number of carbonyl (C=O) groups excluding carboxylic acids is 1. The highest BCUT2D eigenvalue weighted by Gasteiger charge is 2.16. The lowest BCUT2D eigenvalue weighted by atomic mass is 10.1. The number of aromatic nitrogens is 4. The Morgan fingerprint density at radius 1 is 1.07 bits per heavy atom. The lowest BCUT2D eigenvalue weighted by Gasteiger charge is -2.11. The van der Waals surface area contributed by atoms with Crippen molar-refractivity contribution >= 4 is 22.5 Å². The van der Waals surface area contributed by atoms with Crippen LogP contribution in [0.3, 0.4) is 0 Å². The van der Waals surface area contributed by atoms with Crippen molar-refractivity contribution in [3.8, 4) is 11.3 Å². The predicted octanol–water partition coefficient (Wildman–Crippen LogP) is 4.03. The molecule has 28 heavy (non-hydrogen) atoms. The van der Waals surface area contributed by atoms with Gasteiger partial charge in [0.25, 0.3) is 5.91 Å². The van der Waals surface area contributed by atoms with Crippen molar-refractivity contribution in [2.45, 2.75) is 25.8 Å². The summed E-state index contributed by atoms with van der Waals surface area (Å²) in [5.41, 5.74) is 4.16. The number of benzene rings is 2. The molecule has 1 aliphatic rings. The molecular formula is C22H21N5O. The Morgan fingerprint density at radius 2 is 1.89 bits per heavy atom. The second-order valence-corrected chi connectivity index (χ2v) is 7.21. The van der Waals surface area contributed by atoms with E-state index in [0.717, 1.165) is 40.8 Å². The summed E-state index contributed by atoms with van der Waals surface area (Å²) >= 11 is 0. The molecule has 6 heteroatoms. The summed E-state index contributed by atoms with van der Waals surface area (Å²) in [5.74, 6) is 0.961. The van der Waals surface area contributed by atoms with E-state index >= 15 is 0 Å². The average Bonchev–Trinajstić information content (AvgIpc) is 3.30. The molecule has 0 spiro atoms. The molecule has 0 radical (unpaired) electrons. The number of hydrogen-bond acceptors (Lipinski definition) is 3. The van der Waals surface area contributed by atoms with E-state index in [1.807, 2.05) is 55.6 Å². The fourth-order valence-corrected chi connectivity index (χ4v) is 3.85. The molecular weight excluding hydrogens is 350 g/mol. The van der Waals surface area contributed by atoms with E-state index in [9.17, 15) is 4.79 Å². The van der Waals surface area contributed by atoms with Gasteiger partial charge in [-0.1, -0.05) is 30.3 Å². The van der Waals surface area contributed by atoms with E-state index in [1.165, 1.54) is 18.7 Å². The van der Waals surface area contributed by atoms with Crippen molar-refractivity contribution < 1.29 is 4.79 Å². The molecule has 5 rings (SSSR count). The molecule has 0 atom stereocenters. The van der Waals surface area contributed by atoms with Crippen LogP contribution in [0.4, 0.5) is 5.69 Å². The summed E-state index contributed by atoms with van der Waals surface area (Å²) in [6, 6.07) is 15.6. The third-order valence-corrected chi connectivity index (χ3v) is 5.32. The molecule has 2 aromatic carbocycles. The molecule has 0 saturated carbocycles. The number of hydrogen-bond donors (Lipinski definition) is 1. The highest BCUT2D eigenvalue weighted by molar-refractivity contribution is 6.11. The average molecular weight is 371 g/mol. The van der Waals surface area contributed by atoms with Crippen molar-refractivity contribution in [1.29, 1.82) is 0 Å². The van der Waals surface area contributed by atoms with Gasteiger partial charge in [-0.2, -0.15) is 5.10 Å². The van der Waals surface area contributed by atoms with Crippen LogP contribution in [0, 0.1) is 0 Å². The second kappa shape index (κ2) is 6.64.